The van der Waals surface area contributed by atoms with E-state index in [0.717, 1.165) is 34.4 Å². The molecule has 0 bridgehead atoms. The highest BCUT2D eigenvalue weighted by Gasteiger charge is 2.29. The van der Waals surface area contributed by atoms with Crippen molar-refractivity contribution in [2.75, 3.05) is 29.5 Å². The molecule has 1 N–H and O–H groups in total. The molecular weight excluding hydrogens is 478 g/mol. The predicted molar refractivity (Wildman–Crippen MR) is 148 cm³/mol. The van der Waals surface area contributed by atoms with Gasteiger partial charge in [0.1, 0.15) is 12.3 Å². The molecule has 2 aliphatic heterocycles. The molecule has 7 nitrogen and oxygen atoms in total. The number of nitrogens with zero attached hydrogens (tertiary/aromatic N) is 2. The number of anilines is 2. The topological polar surface area (TPSA) is 79.0 Å². The van der Waals surface area contributed by atoms with Gasteiger partial charge in [-0.15, -0.1) is 0 Å². The fraction of sp³-hybridized carbons (Fsp3) is 0.323. The number of benzene rings is 3. The zero-order valence-electron chi connectivity index (χ0n) is 22.3. The van der Waals surface area contributed by atoms with E-state index < -0.39 is 0 Å². The lowest BCUT2D eigenvalue weighted by atomic mass is 9.86. The lowest BCUT2D eigenvalue weighted by Gasteiger charge is -2.31. The quantitative estimate of drug-likeness (QED) is 0.546. The molecule has 3 amide bonds. The molecule has 0 aliphatic carbocycles. The molecule has 7 heteroatoms. The van der Waals surface area contributed by atoms with Crippen LogP contribution in [0.1, 0.15) is 53.4 Å². The molecule has 196 valence electrons. The van der Waals surface area contributed by atoms with Crippen molar-refractivity contribution < 1.29 is 19.1 Å². The molecule has 2 aliphatic rings. The molecule has 0 atom stereocenters. The van der Waals surface area contributed by atoms with Crippen molar-refractivity contribution in [3.05, 3.63) is 88.5 Å². The Bertz CT molecular complexity index is 1420. The monoisotopic (exact) mass is 511 g/mol. The molecule has 0 spiro atoms. The van der Waals surface area contributed by atoms with E-state index in [1.165, 1.54) is 4.90 Å². The van der Waals surface area contributed by atoms with Crippen LogP contribution in [0.2, 0.25) is 0 Å². The van der Waals surface area contributed by atoms with Gasteiger partial charge in [-0.05, 0) is 65.8 Å². The Morgan fingerprint density at radius 1 is 1.00 bits per heavy atom. The number of nitrogens with one attached hydrogen (secondary N) is 1. The molecule has 0 saturated heterocycles. The summed E-state index contributed by atoms with van der Waals surface area (Å²) in [4.78, 5) is 41.9. The third-order valence-electron chi connectivity index (χ3n) is 7.11. The Labute approximate surface area is 223 Å². The van der Waals surface area contributed by atoms with Crippen LogP contribution in [0.3, 0.4) is 0 Å². The zero-order chi connectivity index (χ0) is 27.0. The van der Waals surface area contributed by atoms with Crippen LogP contribution in [0, 0.1) is 6.92 Å². The highest BCUT2D eigenvalue weighted by molar-refractivity contribution is 6.07. The first-order valence-corrected chi connectivity index (χ1v) is 12.9. The number of rotatable bonds is 5. The standard InChI is InChI=1S/C31H33N3O4/c1-20-6-5-7-23(14-20)30(37)33-13-12-22-15-21(8-10-25(22)33)17-32-28(35)18-34-26-16-24(31(2,3)4)9-11-27(26)38-19-29(34)36/h5-11,14-16H,12-13,17-19H2,1-4H3,(H,32,35). The largest absolute Gasteiger partial charge is 0.482 e. The number of amides is 3. The van der Waals surface area contributed by atoms with E-state index in [-0.39, 0.29) is 36.3 Å². The van der Waals surface area contributed by atoms with Crippen LogP contribution in [0.4, 0.5) is 11.4 Å². The van der Waals surface area contributed by atoms with Crippen molar-refractivity contribution in [2.24, 2.45) is 0 Å². The Morgan fingerprint density at radius 2 is 1.82 bits per heavy atom. The fourth-order valence-corrected chi connectivity index (χ4v) is 4.95. The van der Waals surface area contributed by atoms with Crippen LogP contribution in [0.5, 0.6) is 5.75 Å². The third kappa shape index (κ3) is 5.14. The summed E-state index contributed by atoms with van der Waals surface area (Å²) in [6.45, 7) is 9.09. The third-order valence-corrected chi connectivity index (χ3v) is 7.11. The first kappa shape index (κ1) is 25.5. The van der Waals surface area contributed by atoms with Crippen LogP contribution in [0.15, 0.2) is 60.7 Å². The van der Waals surface area contributed by atoms with E-state index in [1.807, 2.05) is 72.5 Å². The van der Waals surface area contributed by atoms with Crippen LogP contribution >= 0.6 is 0 Å². The molecule has 5 rings (SSSR count). The second-order valence-corrected chi connectivity index (χ2v) is 11.0. The highest BCUT2D eigenvalue weighted by Crippen LogP contribution is 2.36. The maximum Gasteiger partial charge on any atom is 0.265 e. The molecule has 38 heavy (non-hydrogen) atoms. The average Bonchev–Trinajstić information content (AvgIpc) is 3.31. The summed E-state index contributed by atoms with van der Waals surface area (Å²) in [6, 6.07) is 19.4. The molecule has 2 heterocycles. The number of hydrogen-bond donors (Lipinski definition) is 1. The summed E-state index contributed by atoms with van der Waals surface area (Å²) in [5.41, 5.74) is 6.28. The summed E-state index contributed by atoms with van der Waals surface area (Å²) in [6.07, 6.45) is 0.768. The maximum absolute atomic E-state index is 13.1. The maximum atomic E-state index is 13.1. The van der Waals surface area contributed by atoms with E-state index >= 15 is 0 Å². The van der Waals surface area contributed by atoms with Gasteiger partial charge in [-0.1, -0.05) is 56.7 Å². The van der Waals surface area contributed by atoms with Gasteiger partial charge in [-0.2, -0.15) is 0 Å². The van der Waals surface area contributed by atoms with Crippen molar-refractivity contribution in [2.45, 2.75) is 46.1 Å². The van der Waals surface area contributed by atoms with Gasteiger partial charge in [0, 0.05) is 24.3 Å². The SMILES string of the molecule is Cc1cccc(C(=O)N2CCc3cc(CNC(=O)CN4C(=O)COc5ccc(C(C)(C)C)cc54)ccc32)c1. The van der Waals surface area contributed by atoms with E-state index in [1.54, 1.807) is 0 Å². The lowest BCUT2D eigenvalue weighted by molar-refractivity contribution is -0.125. The molecule has 0 fully saturated rings. The summed E-state index contributed by atoms with van der Waals surface area (Å²) in [5, 5.41) is 2.95. The van der Waals surface area contributed by atoms with Gasteiger partial charge in [0.05, 0.1) is 5.69 Å². The second-order valence-electron chi connectivity index (χ2n) is 11.0. The summed E-state index contributed by atoms with van der Waals surface area (Å²) in [5.74, 6) is 0.117. The van der Waals surface area contributed by atoms with Crippen molar-refractivity contribution in [3.8, 4) is 5.75 Å². The minimum absolute atomic E-state index is 0.00131. The van der Waals surface area contributed by atoms with Crippen LogP contribution in [-0.2, 0) is 28.0 Å². The summed E-state index contributed by atoms with van der Waals surface area (Å²) < 4.78 is 5.60. The van der Waals surface area contributed by atoms with Crippen LogP contribution < -0.4 is 19.9 Å². The Morgan fingerprint density at radius 3 is 2.58 bits per heavy atom. The average molecular weight is 512 g/mol. The van der Waals surface area contributed by atoms with Crippen LogP contribution in [0.25, 0.3) is 0 Å². The van der Waals surface area contributed by atoms with Crippen molar-refractivity contribution >= 4 is 29.1 Å². The smallest absolute Gasteiger partial charge is 0.265 e. The Kier molecular flexibility index (Phi) is 6.69. The van der Waals surface area contributed by atoms with Crippen molar-refractivity contribution in [1.29, 1.82) is 0 Å². The Balaban J connectivity index is 1.24. The molecule has 3 aromatic rings. The van der Waals surface area contributed by atoms with E-state index in [4.69, 9.17) is 4.74 Å². The van der Waals surface area contributed by atoms with Crippen molar-refractivity contribution in [3.63, 3.8) is 0 Å². The zero-order valence-corrected chi connectivity index (χ0v) is 22.3. The molecule has 0 saturated carbocycles. The highest BCUT2D eigenvalue weighted by atomic mass is 16.5. The van der Waals surface area contributed by atoms with Gasteiger partial charge < -0.3 is 15.0 Å². The van der Waals surface area contributed by atoms with E-state index in [2.05, 4.69) is 26.1 Å². The predicted octanol–water partition coefficient (Wildman–Crippen LogP) is 4.54. The van der Waals surface area contributed by atoms with Gasteiger partial charge in [0.2, 0.25) is 5.91 Å². The minimum atomic E-state index is -0.246. The summed E-state index contributed by atoms with van der Waals surface area (Å²) in [7, 11) is 0. The van der Waals surface area contributed by atoms with E-state index in [0.29, 0.717) is 30.1 Å². The number of ether oxygens (including phenoxy) is 1. The number of fused-ring (bicyclic) bond motifs is 2. The van der Waals surface area contributed by atoms with Gasteiger partial charge in [-0.3, -0.25) is 19.3 Å². The molecule has 0 radical (unpaired) electrons. The fourth-order valence-electron chi connectivity index (χ4n) is 4.95. The first-order chi connectivity index (χ1) is 18.1. The molecular formula is C31H33N3O4. The van der Waals surface area contributed by atoms with Gasteiger partial charge >= 0.3 is 0 Å². The summed E-state index contributed by atoms with van der Waals surface area (Å²) >= 11 is 0. The lowest BCUT2D eigenvalue weighted by Crippen LogP contribution is -2.45. The number of carbonyl (C=O) groups excluding carboxylic acids is 3. The van der Waals surface area contributed by atoms with Gasteiger partial charge in [0.25, 0.3) is 11.8 Å². The molecule has 0 unspecified atom stereocenters. The molecule has 3 aromatic carbocycles. The van der Waals surface area contributed by atoms with Crippen LogP contribution in [-0.4, -0.2) is 37.4 Å². The van der Waals surface area contributed by atoms with Crippen molar-refractivity contribution in [1.82, 2.24) is 5.32 Å². The Hall–Kier alpha value is -4.13. The van der Waals surface area contributed by atoms with Gasteiger partial charge in [0.15, 0.2) is 6.61 Å². The number of hydrogen-bond acceptors (Lipinski definition) is 4. The second kappa shape index (κ2) is 9.97. The molecule has 0 aromatic heterocycles. The minimum Gasteiger partial charge on any atom is -0.482 e. The number of carbonyl (C=O) groups is 3. The number of aryl methyl sites for hydroxylation is 1. The van der Waals surface area contributed by atoms with E-state index in [9.17, 15) is 14.4 Å². The van der Waals surface area contributed by atoms with Gasteiger partial charge in [-0.25, -0.2) is 0 Å². The normalized spacial score (nSPS) is 14.6. The first-order valence-electron chi connectivity index (χ1n) is 12.9.